The Morgan fingerprint density at radius 1 is 1.23 bits per heavy atom. The van der Waals surface area contributed by atoms with Gasteiger partial charge in [0.15, 0.2) is 0 Å². The molecule has 2 heterocycles. The van der Waals surface area contributed by atoms with Gasteiger partial charge in [-0.2, -0.15) is 0 Å². The van der Waals surface area contributed by atoms with Crippen molar-refractivity contribution in [1.29, 1.82) is 0 Å². The first-order valence-electron chi connectivity index (χ1n) is 9.54. The number of hydrogen-bond donors (Lipinski definition) is 2. The molecule has 0 radical (unpaired) electrons. The lowest BCUT2D eigenvalue weighted by Gasteiger charge is -2.25. The SMILES string of the molecule is Cc1cc(N2CCCc3[nH]ccc3C2)cc(C)c1NC(=O)CC(C)(C)C. The van der Waals surface area contributed by atoms with Crippen molar-refractivity contribution in [2.24, 2.45) is 5.41 Å². The first-order valence-corrected chi connectivity index (χ1v) is 9.54. The number of carbonyl (C=O) groups is 1. The molecule has 0 aliphatic carbocycles. The molecule has 3 rings (SSSR count). The summed E-state index contributed by atoms with van der Waals surface area (Å²) in [6, 6.07) is 6.60. The fraction of sp³-hybridized carbons (Fsp3) is 0.500. The zero-order valence-corrected chi connectivity index (χ0v) is 16.7. The quantitative estimate of drug-likeness (QED) is 0.819. The molecule has 26 heavy (non-hydrogen) atoms. The van der Waals surface area contributed by atoms with Crippen molar-refractivity contribution < 1.29 is 4.79 Å². The van der Waals surface area contributed by atoms with Crippen LogP contribution < -0.4 is 10.2 Å². The third-order valence-electron chi connectivity index (χ3n) is 4.98. The summed E-state index contributed by atoms with van der Waals surface area (Å²) in [4.78, 5) is 18.2. The Morgan fingerprint density at radius 3 is 2.58 bits per heavy atom. The predicted octanol–water partition coefficient (Wildman–Crippen LogP) is 4.96. The molecular formula is C22H31N3O. The molecule has 1 aliphatic rings. The molecule has 0 atom stereocenters. The van der Waals surface area contributed by atoms with Crippen molar-refractivity contribution in [2.45, 2.75) is 60.4 Å². The summed E-state index contributed by atoms with van der Waals surface area (Å²) in [5, 5.41) is 3.13. The van der Waals surface area contributed by atoms with Crippen molar-refractivity contribution >= 4 is 17.3 Å². The third kappa shape index (κ3) is 4.29. The number of benzene rings is 1. The number of nitrogens with one attached hydrogen (secondary N) is 2. The maximum atomic E-state index is 12.3. The van der Waals surface area contributed by atoms with E-state index in [1.54, 1.807) is 0 Å². The highest BCUT2D eigenvalue weighted by molar-refractivity contribution is 5.93. The van der Waals surface area contributed by atoms with E-state index < -0.39 is 0 Å². The standard InChI is InChI=1S/C22H31N3O/c1-15-11-18(25-10-6-7-19-17(14-25)8-9-23-19)12-16(2)21(15)24-20(26)13-22(3,4)5/h8-9,11-12,23H,6-7,10,13-14H2,1-5H3,(H,24,26). The minimum Gasteiger partial charge on any atom is -0.367 e. The van der Waals surface area contributed by atoms with Gasteiger partial charge in [0.2, 0.25) is 5.91 Å². The van der Waals surface area contributed by atoms with Crippen LogP contribution in [0.1, 0.15) is 56.0 Å². The number of fused-ring (bicyclic) bond motifs is 1. The molecule has 140 valence electrons. The normalized spacial score (nSPS) is 14.7. The first-order chi connectivity index (χ1) is 12.2. The van der Waals surface area contributed by atoms with Crippen molar-refractivity contribution in [3.05, 3.63) is 46.8 Å². The zero-order chi connectivity index (χ0) is 18.9. The van der Waals surface area contributed by atoms with Gasteiger partial charge in [-0.15, -0.1) is 0 Å². The molecule has 1 aromatic carbocycles. The lowest BCUT2D eigenvalue weighted by Crippen LogP contribution is -2.23. The number of hydrogen-bond acceptors (Lipinski definition) is 2. The van der Waals surface area contributed by atoms with Gasteiger partial charge < -0.3 is 15.2 Å². The second-order valence-electron chi connectivity index (χ2n) is 8.75. The molecule has 2 aromatic rings. The fourth-order valence-electron chi connectivity index (χ4n) is 3.75. The predicted molar refractivity (Wildman–Crippen MR) is 109 cm³/mol. The Labute approximate surface area is 157 Å². The Bertz CT molecular complexity index is 775. The molecule has 0 unspecified atom stereocenters. The maximum absolute atomic E-state index is 12.3. The Morgan fingerprint density at radius 2 is 1.92 bits per heavy atom. The van der Waals surface area contributed by atoms with E-state index in [2.05, 4.69) is 68.0 Å². The van der Waals surface area contributed by atoms with Gasteiger partial charge in [0.05, 0.1) is 0 Å². The fourth-order valence-corrected chi connectivity index (χ4v) is 3.75. The van der Waals surface area contributed by atoms with Crippen molar-refractivity contribution in [2.75, 3.05) is 16.8 Å². The number of nitrogens with zero attached hydrogens (tertiary/aromatic N) is 1. The van der Waals surface area contributed by atoms with E-state index in [0.29, 0.717) is 6.42 Å². The van der Waals surface area contributed by atoms with E-state index >= 15 is 0 Å². The van der Waals surface area contributed by atoms with Crippen molar-refractivity contribution in [1.82, 2.24) is 4.98 Å². The molecule has 0 saturated carbocycles. The molecule has 4 heteroatoms. The minimum absolute atomic E-state index is 0.00779. The van der Waals surface area contributed by atoms with Crippen LogP contribution in [0.3, 0.4) is 0 Å². The van der Waals surface area contributed by atoms with Crippen LogP contribution in [-0.2, 0) is 17.8 Å². The van der Waals surface area contributed by atoms with Gasteiger partial charge >= 0.3 is 0 Å². The number of aryl methyl sites for hydroxylation is 3. The lowest BCUT2D eigenvalue weighted by molar-refractivity contribution is -0.117. The number of H-pyrrole nitrogens is 1. The molecule has 0 saturated heterocycles. The first kappa shape index (κ1) is 18.6. The topological polar surface area (TPSA) is 48.1 Å². The summed E-state index contributed by atoms with van der Waals surface area (Å²) >= 11 is 0. The van der Waals surface area contributed by atoms with Gasteiger partial charge in [-0.25, -0.2) is 0 Å². The molecule has 0 bridgehead atoms. The lowest BCUT2D eigenvalue weighted by atomic mass is 9.92. The summed E-state index contributed by atoms with van der Waals surface area (Å²) < 4.78 is 0. The third-order valence-corrected chi connectivity index (χ3v) is 4.98. The summed E-state index contributed by atoms with van der Waals surface area (Å²) in [7, 11) is 0. The van der Waals surface area contributed by atoms with E-state index in [1.165, 1.54) is 16.9 Å². The summed E-state index contributed by atoms with van der Waals surface area (Å²) in [6.45, 7) is 12.4. The van der Waals surface area contributed by atoms with E-state index in [1.807, 2.05) is 6.20 Å². The van der Waals surface area contributed by atoms with Crippen LogP contribution in [0.25, 0.3) is 0 Å². The Kier molecular flexibility index (Phi) is 5.12. The highest BCUT2D eigenvalue weighted by Crippen LogP contribution is 2.30. The van der Waals surface area contributed by atoms with Crippen molar-refractivity contribution in [3.63, 3.8) is 0 Å². The smallest absolute Gasteiger partial charge is 0.224 e. The van der Waals surface area contributed by atoms with Crippen LogP contribution >= 0.6 is 0 Å². The number of rotatable bonds is 3. The minimum atomic E-state index is -0.00779. The average Bonchev–Trinajstić information content (AvgIpc) is 2.86. The van der Waals surface area contributed by atoms with Crippen LogP contribution in [0, 0.1) is 19.3 Å². The Hall–Kier alpha value is -2.23. The number of carbonyl (C=O) groups excluding carboxylic acids is 1. The summed E-state index contributed by atoms with van der Waals surface area (Å²) in [5.41, 5.74) is 7.20. The van der Waals surface area contributed by atoms with Gasteiger partial charge in [-0.3, -0.25) is 4.79 Å². The van der Waals surface area contributed by atoms with Gasteiger partial charge in [-0.05, 0) is 67.0 Å². The largest absolute Gasteiger partial charge is 0.367 e. The van der Waals surface area contributed by atoms with Gasteiger partial charge in [-0.1, -0.05) is 20.8 Å². The number of anilines is 2. The van der Waals surface area contributed by atoms with Crippen molar-refractivity contribution in [3.8, 4) is 0 Å². The second-order valence-corrected chi connectivity index (χ2v) is 8.75. The highest BCUT2D eigenvalue weighted by Gasteiger charge is 2.19. The molecule has 4 nitrogen and oxygen atoms in total. The number of aromatic amines is 1. The van der Waals surface area contributed by atoms with Crippen LogP contribution in [0.5, 0.6) is 0 Å². The number of aromatic nitrogens is 1. The zero-order valence-electron chi connectivity index (χ0n) is 16.7. The van der Waals surface area contributed by atoms with Crippen LogP contribution in [0.4, 0.5) is 11.4 Å². The second kappa shape index (κ2) is 7.18. The molecular weight excluding hydrogens is 322 g/mol. The van der Waals surface area contributed by atoms with Crippen LogP contribution in [0.2, 0.25) is 0 Å². The van der Waals surface area contributed by atoms with Gasteiger partial charge in [0.25, 0.3) is 0 Å². The molecule has 0 spiro atoms. The summed E-state index contributed by atoms with van der Waals surface area (Å²) in [6.07, 6.45) is 4.82. The molecule has 0 fully saturated rings. The van der Waals surface area contributed by atoms with E-state index in [4.69, 9.17) is 0 Å². The van der Waals surface area contributed by atoms with Crippen LogP contribution in [0.15, 0.2) is 24.4 Å². The van der Waals surface area contributed by atoms with E-state index in [0.717, 1.165) is 42.7 Å². The number of amides is 1. The van der Waals surface area contributed by atoms with E-state index in [9.17, 15) is 4.79 Å². The van der Waals surface area contributed by atoms with E-state index in [-0.39, 0.29) is 11.3 Å². The van der Waals surface area contributed by atoms with Gasteiger partial charge in [0, 0.05) is 42.8 Å². The monoisotopic (exact) mass is 353 g/mol. The van der Waals surface area contributed by atoms with Crippen LogP contribution in [-0.4, -0.2) is 17.4 Å². The molecule has 2 N–H and O–H groups in total. The molecule has 1 aliphatic heterocycles. The highest BCUT2D eigenvalue weighted by atomic mass is 16.1. The van der Waals surface area contributed by atoms with Gasteiger partial charge in [0.1, 0.15) is 0 Å². The summed E-state index contributed by atoms with van der Waals surface area (Å²) in [5.74, 6) is 0.0863. The molecule has 1 aromatic heterocycles. The maximum Gasteiger partial charge on any atom is 0.224 e. The Balaban J connectivity index is 1.80. The molecule has 1 amide bonds. The average molecular weight is 354 g/mol.